The molecule has 3 aromatic rings. The Hall–Kier alpha value is -1.21. The number of hydrogen-bond acceptors (Lipinski definition) is 1. The number of benzene rings is 2. The van der Waals surface area contributed by atoms with Gasteiger partial charge in [0.05, 0.1) is 21.1 Å². The maximum atomic E-state index is 13.9. The van der Waals surface area contributed by atoms with Gasteiger partial charge >= 0.3 is 0 Å². The summed E-state index contributed by atoms with van der Waals surface area (Å²) in [6.45, 7) is 2.79. The predicted molar refractivity (Wildman–Crippen MR) is 94.7 cm³/mol. The Morgan fingerprint density at radius 3 is 2.67 bits per heavy atom. The minimum atomic E-state index is -0.213. The highest BCUT2D eigenvalue weighted by atomic mass is 127. The van der Waals surface area contributed by atoms with Gasteiger partial charge in [0.15, 0.2) is 4.77 Å². The van der Waals surface area contributed by atoms with E-state index in [0.29, 0.717) is 14.9 Å². The van der Waals surface area contributed by atoms with Crippen molar-refractivity contribution >= 4 is 45.8 Å². The highest BCUT2D eigenvalue weighted by Gasteiger charge is 2.10. The normalized spacial score (nSPS) is 11.2. The molecule has 0 amide bonds. The van der Waals surface area contributed by atoms with Crippen LogP contribution in [0.1, 0.15) is 18.1 Å². The first-order valence-corrected chi connectivity index (χ1v) is 8.23. The second-order valence-corrected chi connectivity index (χ2v) is 6.47. The topological polar surface area (TPSA) is 20.7 Å². The van der Waals surface area contributed by atoms with Crippen molar-refractivity contribution in [2.45, 2.75) is 19.9 Å². The Kier molecular flexibility index (Phi) is 4.12. The summed E-state index contributed by atoms with van der Waals surface area (Å²) in [5, 5.41) is 0. The Morgan fingerprint density at radius 2 is 1.95 bits per heavy atom. The molecule has 0 aliphatic rings. The third kappa shape index (κ3) is 2.76. The van der Waals surface area contributed by atoms with Crippen LogP contribution in [0, 0.1) is 14.2 Å². The van der Waals surface area contributed by atoms with Crippen molar-refractivity contribution in [3.8, 4) is 0 Å². The molecule has 3 rings (SSSR count). The van der Waals surface area contributed by atoms with E-state index in [1.165, 1.54) is 11.1 Å². The van der Waals surface area contributed by atoms with Crippen molar-refractivity contribution in [2.75, 3.05) is 0 Å². The van der Waals surface area contributed by atoms with Gasteiger partial charge in [0.1, 0.15) is 5.82 Å². The molecular formula is C16H14FIN2S. The molecule has 0 atom stereocenters. The summed E-state index contributed by atoms with van der Waals surface area (Å²) in [5.41, 5.74) is 4.19. The molecule has 108 valence electrons. The smallest absolute Gasteiger partial charge is 0.178 e. The van der Waals surface area contributed by atoms with Gasteiger partial charge in [0.2, 0.25) is 0 Å². The molecule has 0 bridgehead atoms. The molecule has 21 heavy (non-hydrogen) atoms. The number of H-pyrrole nitrogens is 1. The Labute approximate surface area is 141 Å². The summed E-state index contributed by atoms with van der Waals surface area (Å²) in [6.07, 6.45) is 0.970. The van der Waals surface area contributed by atoms with Crippen LogP contribution >= 0.6 is 34.8 Å². The Balaban J connectivity index is 2.14. The number of aromatic nitrogens is 2. The van der Waals surface area contributed by atoms with Crippen LogP contribution in [0.25, 0.3) is 11.0 Å². The third-order valence-corrected chi connectivity index (χ3v) is 4.79. The lowest BCUT2D eigenvalue weighted by molar-refractivity contribution is 0.621. The maximum Gasteiger partial charge on any atom is 0.178 e. The molecule has 0 unspecified atom stereocenters. The van der Waals surface area contributed by atoms with Crippen molar-refractivity contribution in [1.82, 2.24) is 9.55 Å². The quantitative estimate of drug-likeness (QED) is 0.472. The summed E-state index contributed by atoms with van der Waals surface area (Å²) < 4.78 is 17.0. The highest BCUT2D eigenvalue weighted by molar-refractivity contribution is 14.1. The minimum Gasteiger partial charge on any atom is -0.331 e. The van der Waals surface area contributed by atoms with E-state index in [1.807, 2.05) is 39.3 Å². The van der Waals surface area contributed by atoms with Gasteiger partial charge in [-0.15, -0.1) is 0 Å². The number of aromatic amines is 1. The number of nitrogens with one attached hydrogen (secondary N) is 1. The van der Waals surface area contributed by atoms with Gasteiger partial charge in [0.25, 0.3) is 0 Å². The molecule has 2 nitrogen and oxygen atoms in total. The van der Waals surface area contributed by atoms with Crippen LogP contribution in [0.2, 0.25) is 0 Å². The van der Waals surface area contributed by atoms with Gasteiger partial charge in [-0.25, -0.2) is 4.39 Å². The number of fused-ring (bicyclic) bond motifs is 1. The van der Waals surface area contributed by atoms with E-state index in [0.717, 1.165) is 17.5 Å². The zero-order chi connectivity index (χ0) is 15.0. The second-order valence-electron chi connectivity index (χ2n) is 4.92. The predicted octanol–water partition coefficient (Wildman–Crippen LogP) is 5.05. The summed E-state index contributed by atoms with van der Waals surface area (Å²) >= 11 is 7.39. The largest absolute Gasteiger partial charge is 0.331 e. The van der Waals surface area contributed by atoms with Crippen LogP contribution in [0.4, 0.5) is 4.39 Å². The molecule has 0 radical (unpaired) electrons. The minimum absolute atomic E-state index is 0.213. The number of hydrogen-bond donors (Lipinski definition) is 1. The van der Waals surface area contributed by atoms with Crippen LogP contribution in [-0.2, 0) is 13.0 Å². The first-order valence-electron chi connectivity index (χ1n) is 6.74. The van der Waals surface area contributed by atoms with Crippen LogP contribution in [0.3, 0.4) is 0 Å². The lowest BCUT2D eigenvalue weighted by Gasteiger charge is -2.09. The summed E-state index contributed by atoms with van der Waals surface area (Å²) in [7, 11) is 0. The fourth-order valence-corrected chi connectivity index (χ4v) is 3.28. The average molecular weight is 412 g/mol. The van der Waals surface area contributed by atoms with Crippen molar-refractivity contribution in [3.05, 3.63) is 61.7 Å². The van der Waals surface area contributed by atoms with Crippen LogP contribution in [0.5, 0.6) is 0 Å². The summed E-state index contributed by atoms with van der Waals surface area (Å²) in [6, 6.07) is 11.6. The molecule has 0 spiro atoms. The van der Waals surface area contributed by atoms with E-state index in [9.17, 15) is 4.39 Å². The van der Waals surface area contributed by atoms with Crippen molar-refractivity contribution < 1.29 is 4.39 Å². The number of halogens is 2. The SMILES string of the molecule is CCc1ccccc1Cn1c(=S)[nH]c2cc(I)c(F)cc21. The lowest BCUT2D eigenvalue weighted by Crippen LogP contribution is -2.03. The Morgan fingerprint density at radius 1 is 1.24 bits per heavy atom. The standard InChI is InChI=1S/C16H14FIN2S/c1-2-10-5-3-4-6-11(10)9-20-15-7-12(17)13(18)8-14(15)19-16(20)21/h3-8H,2,9H2,1H3,(H,19,21). The molecule has 0 saturated heterocycles. The zero-order valence-electron chi connectivity index (χ0n) is 11.5. The zero-order valence-corrected chi connectivity index (χ0v) is 14.5. The van der Waals surface area contributed by atoms with E-state index < -0.39 is 0 Å². The van der Waals surface area contributed by atoms with Gasteiger partial charge in [-0.05, 0) is 58.4 Å². The summed E-state index contributed by atoms with van der Waals surface area (Å²) in [4.78, 5) is 3.16. The lowest BCUT2D eigenvalue weighted by atomic mass is 10.1. The van der Waals surface area contributed by atoms with Gasteiger partial charge in [-0.1, -0.05) is 31.2 Å². The average Bonchev–Trinajstić information content (AvgIpc) is 2.76. The number of aryl methyl sites for hydroxylation is 1. The van der Waals surface area contributed by atoms with E-state index in [1.54, 1.807) is 12.1 Å². The van der Waals surface area contributed by atoms with Gasteiger partial charge < -0.3 is 9.55 Å². The number of imidazole rings is 1. The molecule has 2 aromatic carbocycles. The first kappa shape index (κ1) is 14.7. The van der Waals surface area contributed by atoms with Crippen molar-refractivity contribution in [3.63, 3.8) is 0 Å². The van der Waals surface area contributed by atoms with Crippen molar-refractivity contribution in [1.29, 1.82) is 0 Å². The highest BCUT2D eigenvalue weighted by Crippen LogP contribution is 2.22. The van der Waals surface area contributed by atoms with Crippen LogP contribution < -0.4 is 0 Å². The fourth-order valence-electron chi connectivity index (χ4n) is 2.54. The van der Waals surface area contributed by atoms with Crippen LogP contribution in [0.15, 0.2) is 36.4 Å². The molecular weight excluding hydrogens is 398 g/mol. The fraction of sp³-hybridized carbons (Fsp3) is 0.188. The van der Waals surface area contributed by atoms with Crippen LogP contribution in [-0.4, -0.2) is 9.55 Å². The molecule has 0 aliphatic carbocycles. The monoisotopic (exact) mass is 412 g/mol. The molecule has 0 saturated carbocycles. The number of rotatable bonds is 3. The molecule has 0 aliphatic heterocycles. The van der Waals surface area contributed by atoms with Crippen molar-refractivity contribution in [2.24, 2.45) is 0 Å². The van der Waals surface area contributed by atoms with Gasteiger partial charge in [-0.2, -0.15) is 0 Å². The molecule has 5 heteroatoms. The van der Waals surface area contributed by atoms with E-state index in [2.05, 4.69) is 24.0 Å². The van der Waals surface area contributed by atoms with Gasteiger partial charge in [0, 0.05) is 6.07 Å². The molecule has 1 heterocycles. The van der Waals surface area contributed by atoms with E-state index in [-0.39, 0.29) is 5.82 Å². The molecule has 1 aromatic heterocycles. The first-order chi connectivity index (χ1) is 10.1. The van der Waals surface area contributed by atoms with E-state index >= 15 is 0 Å². The van der Waals surface area contributed by atoms with Gasteiger partial charge in [-0.3, -0.25) is 0 Å². The molecule has 0 fully saturated rings. The Bertz CT molecular complexity index is 866. The second kappa shape index (κ2) is 5.88. The summed E-state index contributed by atoms with van der Waals surface area (Å²) in [5.74, 6) is -0.213. The third-order valence-electron chi connectivity index (χ3n) is 3.64. The molecule has 1 N–H and O–H groups in total. The van der Waals surface area contributed by atoms with E-state index in [4.69, 9.17) is 12.2 Å². The maximum absolute atomic E-state index is 13.9. The number of nitrogens with zero attached hydrogens (tertiary/aromatic N) is 1.